The SMILES string of the molecule is FC1(F)c2[nH]ncc2C2CC21. The Morgan fingerprint density at radius 2 is 2.45 bits per heavy atom. The lowest BCUT2D eigenvalue weighted by molar-refractivity contribution is -0.0268. The Hall–Kier alpha value is -0.930. The molecule has 11 heavy (non-hydrogen) atoms. The predicted molar refractivity (Wildman–Crippen MR) is 33.3 cm³/mol. The van der Waals surface area contributed by atoms with Crippen LogP contribution in [0.5, 0.6) is 0 Å². The van der Waals surface area contributed by atoms with Crippen LogP contribution in [0.1, 0.15) is 23.6 Å². The van der Waals surface area contributed by atoms with Gasteiger partial charge in [0.1, 0.15) is 5.69 Å². The van der Waals surface area contributed by atoms with E-state index in [4.69, 9.17) is 0 Å². The second kappa shape index (κ2) is 1.33. The van der Waals surface area contributed by atoms with E-state index in [2.05, 4.69) is 10.2 Å². The van der Waals surface area contributed by atoms with E-state index in [-0.39, 0.29) is 11.6 Å². The number of H-pyrrole nitrogens is 1. The number of aromatic nitrogens is 2. The average Bonchev–Trinajstić information content (AvgIpc) is 2.54. The molecule has 2 aliphatic rings. The smallest absolute Gasteiger partial charge is 0.276 e. The van der Waals surface area contributed by atoms with Crippen LogP contribution in [0.2, 0.25) is 0 Å². The van der Waals surface area contributed by atoms with E-state index >= 15 is 0 Å². The molecule has 2 atom stereocenters. The lowest BCUT2D eigenvalue weighted by Gasteiger charge is -2.09. The molecule has 0 radical (unpaired) electrons. The number of nitrogens with zero attached hydrogens (tertiary/aromatic N) is 1. The number of fused-ring (bicyclic) bond motifs is 3. The zero-order valence-electron chi connectivity index (χ0n) is 5.64. The zero-order chi connectivity index (χ0) is 7.64. The minimum Gasteiger partial charge on any atom is -0.276 e. The van der Waals surface area contributed by atoms with E-state index < -0.39 is 11.8 Å². The minimum absolute atomic E-state index is 0.0544. The first kappa shape index (κ1) is 5.69. The Kier molecular flexibility index (Phi) is 0.688. The number of halogens is 2. The standard InChI is InChI=1S/C7H6F2N2/c8-7(9)5-1-3(5)4-2-10-11-6(4)7/h2-3,5H,1H2,(H,10,11). The summed E-state index contributed by atoms with van der Waals surface area (Å²) in [6.45, 7) is 0. The Balaban J connectivity index is 2.26. The largest absolute Gasteiger partial charge is 0.292 e. The van der Waals surface area contributed by atoms with Gasteiger partial charge < -0.3 is 0 Å². The summed E-state index contributed by atoms with van der Waals surface area (Å²) >= 11 is 0. The fourth-order valence-corrected chi connectivity index (χ4v) is 1.97. The van der Waals surface area contributed by atoms with E-state index in [0.717, 1.165) is 5.56 Å². The molecule has 0 aliphatic heterocycles. The van der Waals surface area contributed by atoms with Crippen LogP contribution in [0.3, 0.4) is 0 Å². The second-order valence-corrected chi connectivity index (χ2v) is 3.27. The third-order valence-corrected chi connectivity index (χ3v) is 2.66. The van der Waals surface area contributed by atoms with Gasteiger partial charge in [0, 0.05) is 11.5 Å². The van der Waals surface area contributed by atoms with Crippen LogP contribution in [0.4, 0.5) is 8.78 Å². The van der Waals surface area contributed by atoms with Gasteiger partial charge in [-0.05, 0) is 12.3 Å². The van der Waals surface area contributed by atoms with Crippen molar-refractivity contribution in [3.05, 3.63) is 17.5 Å². The molecule has 1 N–H and O–H groups in total. The molecule has 3 rings (SSSR count). The van der Waals surface area contributed by atoms with E-state index in [1.807, 2.05) is 0 Å². The van der Waals surface area contributed by atoms with Crippen molar-refractivity contribution in [3.63, 3.8) is 0 Å². The minimum atomic E-state index is -2.63. The number of hydrogen-bond donors (Lipinski definition) is 1. The monoisotopic (exact) mass is 156 g/mol. The van der Waals surface area contributed by atoms with Crippen LogP contribution in [-0.2, 0) is 5.92 Å². The summed E-state index contributed by atoms with van der Waals surface area (Å²) in [6, 6.07) is 0. The van der Waals surface area contributed by atoms with Gasteiger partial charge in [0.2, 0.25) is 0 Å². The van der Waals surface area contributed by atoms with Crippen LogP contribution in [0.15, 0.2) is 6.20 Å². The van der Waals surface area contributed by atoms with Gasteiger partial charge in [-0.25, -0.2) is 0 Å². The van der Waals surface area contributed by atoms with Gasteiger partial charge in [0.15, 0.2) is 0 Å². The fourth-order valence-electron chi connectivity index (χ4n) is 1.97. The van der Waals surface area contributed by atoms with Gasteiger partial charge in [-0.3, -0.25) is 5.10 Å². The highest BCUT2D eigenvalue weighted by Crippen LogP contribution is 2.66. The topological polar surface area (TPSA) is 28.7 Å². The number of aromatic amines is 1. The molecule has 1 aromatic heterocycles. The normalized spacial score (nSPS) is 36.5. The molecule has 0 aromatic carbocycles. The molecule has 0 saturated heterocycles. The van der Waals surface area contributed by atoms with Crippen molar-refractivity contribution in [1.82, 2.24) is 10.2 Å². The first-order valence-electron chi connectivity index (χ1n) is 3.63. The van der Waals surface area contributed by atoms with Crippen LogP contribution in [-0.4, -0.2) is 10.2 Å². The van der Waals surface area contributed by atoms with Crippen LogP contribution in [0.25, 0.3) is 0 Å². The number of hydrogen-bond acceptors (Lipinski definition) is 1. The molecule has 1 saturated carbocycles. The molecule has 0 spiro atoms. The molecule has 58 valence electrons. The van der Waals surface area contributed by atoms with Crippen LogP contribution in [0, 0.1) is 5.92 Å². The number of nitrogens with one attached hydrogen (secondary N) is 1. The van der Waals surface area contributed by atoms with Gasteiger partial charge in [-0.1, -0.05) is 0 Å². The van der Waals surface area contributed by atoms with Crippen molar-refractivity contribution in [2.75, 3.05) is 0 Å². The van der Waals surface area contributed by atoms with Gasteiger partial charge in [0.05, 0.1) is 6.20 Å². The highest BCUT2D eigenvalue weighted by Gasteiger charge is 2.64. The van der Waals surface area contributed by atoms with Crippen molar-refractivity contribution in [3.8, 4) is 0 Å². The van der Waals surface area contributed by atoms with E-state index in [9.17, 15) is 8.78 Å². The van der Waals surface area contributed by atoms with Crippen molar-refractivity contribution < 1.29 is 8.78 Å². The van der Waals surface area contributed by atoms with E-state index in [1.54, 1.807) is 0 Å². The highest BCUT2D eigenvalue weighted by atomic mass is 19.3. The molecule has 0 amide bonds. The molecule has 1 fully saturated rings. The van der Waals surface area contributed by atoms with E-state index in [0.29, 0.717) is 6.42 Å². The molecule has 2 nitrogen and oxygen atoms in total. The molecular formula is C7H6F2N2. The number of alkyl halides is 2. The van der Waals surface area contributed by atoms with Gasteiger partial charge in [0.25, 0.3) is 5.92 Å². The molecule has 1 heterocycles. The lowest BCUT2D eigenvalue weighted by atomic mass is 10.2. The first-order valence-corrected chi connectivity index (χ1v) is 3.63. The zero-order valence-corrected chi connectivity index (χ0v) is 5.64. The molecular weight excluding hydrogens is 150 g/mol. The van der Waals surface area contributed by atoms with Gasteiger partial charge >= 0.3 is 0 Å². The maximum Gasteiger partial charge on any atom is 0.292 e. The fraction of sp³-hybridized carbons (Fsp3) is 0.571. The van der Waals surface area contributed by atoms with Crippen LogP contribution >= 0.6 is 0 Å². The molecule has 1 aromatic rings. The summed E-state index contributed by atoms with van der Waals surface area (Å²) in [5.74, 6) is -2.96. The molecule has 4 heteroatoms. The van der Waals surface area contributed by atoms with Crippen molar-refractivity contribution in [2.24, 2.45) is 5.92 Å². The van der Waals surface area contributed by atoms with Gasteiger partial charge in [-0.2, -0.15) is 13.9 Å². The lowest BCUT2D eigenvalue weighted by Crippen LogP contribution is -2.13. The number of rotatable bonds is 0. The summed E-state index contributed by atoms with van der Waals surface area (Å²) in [7, 11) is 0. The van der Waals surface area contributed by atoms with Gasteiger partial charge in [-0.15, -0.1) is 0 Å². The van der Waals surface area contributed by atoms with Crippen molar-refractivity contribution in [2.45, 2.75) is 18.3 Å². The third kappa shape index (κ3) is 0.470. The summed E-state index contributed by atoms with van der Waals surface area (Å²) in [5.41, 5.74) is 0.791. The summed E-state index contributed by atoms with van der Waals surface area (Å²) < 4.78 is 26.3. The second-order valence-electron chi connectivity index (χ2n) is 3.27. The Morgan fingerprint density at radius 3 is 3.18 bits per heavy atom. The first-order chi connectivity index (χ1) is 5.21. The van der Waals surface area contributed by atoms with Crippen LogP contribution < -0.4 is 0 Å². The summed E-state index contributed by atoms with van der Waals surface area (Å²) in [5, 5.41) is 5.98. The van der Waals surface area contributed by atoms with Crippen molar-refractivity contribution in [1.29, 1.82) is 0 Å². The Bertz CT molecular complexity index is 318. The third-order valence-electron chi connectivity index (χ3n) is 2.66. The summed E-state index contributed by atoms with van der Waals surface area (Å²) in [4.78, 5) is 0. The van der Waals surface area contributed by atoms with Crippen molar-refractivity contribution >= 4 is 0 Å². The summed E-state index contributed by atoms with van der Waals surface area (Å²) in [6.07, 6.45) is 2.17. The maximum absolute atomic E-state index is 13.1. The Labute approximate surface area is 61.6 Å². The van der Waals surface area contributed by atoms with E-state index in [1.165, 1.54) is 6.20 Å². The molecule has 2 aliphatic carbocycles. The quantitative estimate of drug-likeness (QED) is 0.607. The highest BCUT2D eigenvalue weighted by molar-refractivity contribution is 5.40. The maximum atomic E-state index is 13.1. The molecule has 2 unspecified atom stereocenters. The Morgan fingerprint density at radius 1 is 1.64 bits per heavy atom. The molecule has 0 bridgehead atoms. The predicted octanol–water partition coefficient (Wildman–Crippen LogP) is 1.62. The average molecular weight is 156 g/mol.